The molecular weight excluding hydrogens is 487 g/mol. The third-order valence-electron chi connectivity index (χ3n) is 5.06. The fourth-order valence-corrected chi connectivity index (χ4v) is 4.52. The van der Waals surface area contributed by atoms with Gasteiger partial charge in [-0.15, -0.1) is 0 Å². The smallest absolute Gasteiger partial charge is 0.451 e. The Balaban J connectivity index is 2.24. The number of ketones is 1. The molecule has 0 heterocycles. The molecule has 7 nitrogen and oxygen atoms in total. The van der Waals surface area contributed by atoms with Crippen molar-refractivity contribution in [3.63, 3.8) is 0 Å². The van der Waals surface area contributed by atoms with E-state index in [4.69, 9.17) is 4.74 Å². The molecule has 1 atom stereocenters. The normalized spacial score (nSPS) is 13.0. The number of esters is 1. The minimum atomic E-state index is -5.43. The van der Waals surface area contributed by atoms with E-state index in [1.807, 2.05) is 0 Å². The molecule has 0 radical (unpaired) electrons. The highest BCUT2D eigenvalue weighted by atomic mass is 32.2. The molecule has 186 valence electrons. The van der Waals surface area contributed by atoms with Crippen LogP contribution in [0.2, 0.25) is 0 Å². The fourth-order valence-electron chi connectivity index (χ4n) is 3.45. The van der Waals surface area contributed by atoms with Crippen LogP contribution < -0.4 is 4.72 Å². The molecule has 3 aromatic rings. The summed E-state index contributed by atoms with van der Waals surface area (Å²) in [7, 11) is -4.22. The molecule has 3 rings (SSSR count). The van der Waals surface area contributed by atoms with Crippen molar-refractivity contribution in [2.45, 2.75) is 43.9 Å². The molecule has 0 bridgehead atoms. The van der Waals surface area contributed by atoms with Gasteiger partial charge >= 0.3 is 12.1 Å². The first-order chi connectivity index (χ1) is 16.2. The lowest BCUT2D eigenvalue weighted by Gasteiger charge is -2.21. The average Bonchev–Trinajstić information content (AvgIpc) is 2.76. The summed E-state index contributed by atoms with van der Waals surface area (Å²) < 4.78 is 73.3. The Morgan fingerprint density at radius 1 is 1.00 bits per heavy atom. The molecule has 0 fully saturated rings. The first-order valence-electron chi connectivity index (χ1n) is 10.4. The molecule has 0 aliphatic heterocycles. The third-order valence-corrected chi connectivity index (χ3v) is 6.44. The average molecular weight is 510 g/mol. The number of phenolic OH excluding ortho intramolecular Hbond substituents is 1. The number of hydrogen-bond donors (Lipinski definition) is 2. The van der Waals surface area contributed by atoms with E-state index in [1.165, 1.54) is 50.2 Å². The topological polar surface area (TPSA) is 110 Å². The van der Waals surface area contributed by atoms with Gasteiger partial charge in [-0.25, -0.2) is 8.42 Å². The van der Waals surface area contributed by atoms with Gasteiger partial charge in [-0.2, -0.15) is 13.2 Å². The SMILES string of the molecule is Cc1ccc(S(=O)(=O)Nc2cc([C@@H](C(=O)OC(C)C)C(=O)C(F)(F)F)c(O)c3ccccc23)cc1. The third kappa shape index (κ3) is 5.56. The molecule has 3 aromatic carbocycles. The number of nitrogens with one attached hydrogen (secondary N) is 1. The number of carbonyl (C=O) groups is 2. The van der Waals surface area contributed by atoms with Gasteiger partial charge in [-0.05, 0) is 39.0 Å². The van der Waals surface area contributed by atoms with Gasteiger partial charge in [-0.3, -0.25) is 14.3 Å². The number of benzene rings is 3. The quantitative estimate of drug-likeness (QED) is 0.269. The van der Waals surface area contributed by atoms with Crippen LogP contribution in [0.5, 0.6) is 5.75 Å². The van der Waals surface area contributed by atoms with Crippen LogP contribution in [0.3, 0.4) is 0 Å². The maximum absolute atomic E-state index is 13.4. The predicted molar refractivity (Wildman–Crippen MR) is 123 cm³/mol. The summed E-state index contributed by atoms with van der Waals surface area (Å²) in [6, 6.07) is 12.4. The maximum atomic E-state index is 13.4. The zero-order chi connectivity index (χ0) is 26.1. The second kappa shape index (κ2) is 9.57. The van der Waals surface area contributed by atoms with Crippen LogP contribution in [-0.4, -0.2) is 37.6 Å². The summed E-state index contributed by atoms with van der Waals surface area (Å²) >= 11 is 0. The Labute approximate surface area is 199 Å². The van der Waals surface area contributed by atoms with Crippen LogP contribution in [0.4, 0.5) is 18.9 Å². The highest BCUT2D eigenvalue weighted by Gasteiger charge is 2.49. The minimum Gasteiger partial charge on any atom is -0.507 e. The molecule has 0 aliphatic rings. The second-order valence-electron chi connectivity index (χ2n) is 8.11. The number of alkyl halides is 3. The second-order valence-corrected chi connectivity index (χ2v) is 9.79. The van der Waals surface area contributed by atoms with E-state index < -0.39 is 51.3 Å². The van der Waals surface area contributed by atoms with Crippen LogP contribution in [-0.2, 0) is 24.3 Å². The Kier molecular flexibility index (Phi) is 7.11. The molecular formula is C24H22F3NO6S. The fraction of sp³-hybridized carbons (Fsp3) is 0.250. The standard InChI is InChI=1S/C24H22F3NO6S/c1-13(2)34-23(31)20(22(30)24(25,26)27)18-12-19(16-6-4-5-7-17(16)21(18)29)28-35(32,33)15-10-8-14(3)9-11-15/h4-13,20,28-29H,1-3H3/t20-/m1/s1. The number of rotatable bonds is 7. The molecule has 35 heavy (non-hydrogen) atoms. The number of aryl methyl sites for hydroxylation is 1. The van der Waals surface area contributed by atoms with Crippen molar-refractivity contribution in [2.24, 2.45) is 0 Å². The lowest BCUT2D eigenvalue weighted by Crippen LogP contribution is -2.35. The number of anilines is 1. The molecule has 0 spiro atoms. The molecule has 0 saturated heterocycles. The van der Waals surface area contributed by atoms with Crippen LogP contribution in [0.15, 0.2) is 59.5 Å². The van der Waals surface area contributed by atoms with Crippen molar-refractivity contribution >= 4 is 38.2 Å². The molecule has 0 saturated carbocycles. The van der Waals surface area contributed by atoms with Gasteiger partial charge in [0.05, 0.1) is 16.7 Å². The molecule has 11 heteroatoms. The van der Waals surface area contributed by atoms with Gasteiger partial charge in [0.1, 0.15) is 5.75 Å². The summed E-state index contributed by atoms with van der Waals surface area (Å²) in [6.07, 6.45) is -6.28. The number of ether oxygens (including phenoxy) is 1. The van der Waals surface area contributed by atoms with Crippen molar-refractivity contribution in [3.8, 4) is 5.75 Å². The summed E-state index contributed by atoms with van der Waals surface area (Å²) in [4.78, 5) is 24.7. The number of fused-ring (bicyclic) bond motifs is 1. The lowest BCUT2D eigenvalue weighted by atomic mass is 9.90. The predicted octanol–water partition coefficient (Wildman–Crippen LogP) is 4.82. The highest BCUT2D eigenvalue weighted by molar-refractivity contribution is 7.92. The number of sulfonamides is 1. The van der Waals surface area contributed by atoms with Crippen LogP contribution in [0, 0.1) is 6.92 Å². The Morgan fingerprint density at radius 2 is 1.57 bits per heavy atom. The van der Waals surface area contributed by atoms with Gasteiger partial charge in [0.2, 0.25) is 0 Å². The number of halogens is 3. The van der Waals surface area contributed by atoms with Crippen molar-refractivity contribution in [3.05, 3.63) is 65.7 Å². The van der Waals surface area contributed by atoms with E-state index in [1.54, 1.807) is 19.1 Å². The van der Waals surface area contributed by atoms with Crippen molar-refractivity contribution in [1.82, 2.24) is 0 Å². The Morgan fingerprint density at radius 3 is 2.11 bits per heavy atom. The van der Waals surface area contributed by atoms with E-state index in [2.05, 4.69) is 4.72 Å². The number of phenols is 1. The van der Waals surface area contributed by atoms with E-state index in [0.29, 0.717) is 0 Å². The van der Waals surface area contributed by atoms with Gasteiger partial charge in [0, 0.05) is 16.3 Å². The van der Waals surface area contributed by atoms with E-state index in [9.17, 15) is 36.3 Å². The van der Waals surface area contributed by atoms with Crippen molar-refractivity contribution in [2.75, 3.05) is 4.72 Å². The molecule has 2 N–H and O–H groups in total. The summed E-state index contributed by atoms with van der Waals surface area (Å²) in [5, 5.41) is 10.9. The van der Waals surface area contributed by atoms with Crippen molar-refractivity contribution < 1.29 is 41.0 Å². The van der Waals surface area contributed by atoms with Crippen LogP contribution >= 0.6 is 0 Å². The van der Waals surface area contributed by atoms with E-state index in [-0.39, 0.29) is 21.4 Å². The first-order valence-corrected chi connectivity index (χ1v) is 11.9. The largest absolute Gasteiger partial charge is 0.507 e. The van der Waals surface area contributed by atoms with Crippen molar-refractivity contribution in [1.29, 1.82) is 0 Å². The lowest BCUT2D eigenvalue weighted by molar-refractivity contribution is -0.178. The maximum Gasteiger partial charge on any atom is 0.451 e. The number of carbonyl (C=O) groups excluding carboxylic acids is 2. The van der Waals surface area contributed by atoms with Gasteiger partial charge in [0.15, 0.2) is 5.92 Å². The summed E-state index contributed by atoms with van der Waals surface area (Å²) in [5.74, 6) is -7.33. The molecule has 0 aliphatic carbocycles. The zero-order valence-corrected chi connectivity index (χ0v) is 19.7. The molecule has 0 unspecified atom stereocenters. The van der Waals surface area contributed by atoms with Crippen LogP contribution in [0.25, 0.3) is 10.8 Å². The monoisotopic (exact) mass is 509 g/mol. The summed E-state index contributed by atoms with van der Waals surface area (Å²) in [6.45, 7) is 4.53. The van der Waals surface area contributed by atoms with Gasteiger partial charge in [-0.1, -0.05) is 42.0 Å². The first kappa shape index (κ1) is 26.0. The minimum absolute atomic E-state index is 0.0658. The number of hydrogen-bond acceptors (Lipinski definition) is 6. The van der Waals surface area contributed by atoms with Crippen LogP contribution in [0.1, 0.15) is 30.9 Å². The van der Waals surface area contributed by atoms with Gasteiger partial charge < -0.3 is 9.84 Å². The number of Topliss-reactive ketones (excluding diaryl/α,β-unsaturated/α-hetero) is 1. The zero-order valence-electron chi connectivity index (χ0n) is 18.9. The Bertz CT molecular complexity index is 1380. The number of aromatic hydroxyl groups is 1. The van der Waals surface area contributed by atoms with E-state index >= 15 is 0 Å². The molecule has 0 amide bonds. The highest BCUT2D eigenvalue weighted by Crippen LogP contribution is 2.41. The summed E-state index contributed by atoms with van der Waals surface area (Å²) in [5.41, 5.74) is -0.164. The van der Waals surface area contributed by atoms with Gasteiger partial charge in [0.25, 0.3) is 15.8 Å². The van der Waals surface area contributed by atoms with E-state index in [0.717, 1.165) is 11.6 Å². The Hall–Kier alpha value is -3.60. The molecule has 0 aromatic heterocycles.